The fraction of sp³-hybridized carbons (Fsp3) is 0.438. The van der Waals surface area contributed by atoms with Crippen LogP contribution in [-0.2, 0) is 16.0 Å². The first kappa shape index (κ1) is 17.4. The van der Waals surface area contributed by atoms with Crippen molar-refractivity contribution in [1.82, 2.24) is 19.9 Å². The summed E-state index contributed by atoms with van der Waals surface area (Å²) >= 11 is 0. The number of amides is 1. The minimum atomic E-state index is -4.48. The number of carbonyl (C=O) groups excluding carboxylic acids is 1. The maximum absolute atomic E-state index is 13.2. The molecule has 0 spiro atoms. The van der Waals surface area contributed by atoms with Gasteiger partial charge in [0, 0.05) is 13.2 Å². The van der Waals surface area contributed by atoms with Crippen molar-refractivity contribution in [3.05, 3.63) is 42.2 Å². The van der Waals surface area contributed by atoms with Crippen molar-refractivity contribution in [3.63, 3.8) is 0 Å². The third-order valence-electron chi connectivity index (χ3n) is 3.95. The van der Waals surface area contributed by atoms with Crippen molar-refractivity contribution in [2.45, 2.75) is 25.1 Å². The number of alkyl halides is 3. The third kappa shape index (κ3) is 4.16. The van der Waals surface area contributed by atoms with Gasteiger partial charge in [-0.3, -0.25) is 4.79 Å². The Morgan fingerprint density at radius 3 is 2.72 bits per heavy atom. The molecule has 1 unspecified atom stereocenters. The highest BCUT2D eigenvalue weighted by Crippen LogP contribution is 2.29. The fourth-order valence-electron chi connectivity index (χ4n) is 2.73. The zero-order valence-corrected chi connectivity index (χ0v) is 13.3. The Morgan fingerprint density at radius 1 is 1.24 bits per heavy atom. The molecule has 0 radical (unpaired) electrons. The van der Waals surface area contributed by atoms with Crippen molar-refractivity contribution in [2.24, 2.45) is 0 Å². The second-order valence-electron chi connectivity index (χ2n) is 5.68. The summed E-state index contributed by atoms with van der Waals surface area (Å²) in [6.45, 7) is -0.0109. The van der Waals surface area contributed by atoms with Crippen LogP contribution < -0.4 is 0 Å². The molecule has 25 heavy (non-hydrogen) atoms. The molecule has 2 aromatic rings. The standard InChI is InChI=1S/C16H17F3N4O2/c17-16(18,19)14-6-8-25-9-7-22(14)15(24)10-12-11-20-23(21-12)13-4-2-1-3-5-13/h1-5,11,14H,6-10H2. The molecular formula is C16H17F3N4O2. The Bertz CT molecular complexity index is 718. The molecule has 3 rings (SSSR count). The smallest absolute Gasteiger partial charge is 0.380 e. The van der Waals surface area contributed by atoms with Gasteiger partial charge >= 0.3 is 6.18 Å². The molecule has 1 aromatic heterocycles. The Labute approximate surface area is 142 Å². The van der Waals surface area contributed by atoms with Crippen molar-refractivity contribution >= 4 is 5.91 Å². The molecule has 0 bridgehead atoms. The van der Waals surface area contributed by atoms with E-state index in [9.17, 15) is 18.0 Å². The van der Waals surface area contributed by atoms with Gasteiger partial charge in [0.15, 0.2) is 0 Å². The first-order valence-corrected chi connectivity index (χ1v) is 7.86. The van der Waals surface area contributed by atoms with E-state index in [1.54, 1.807) is 12.1 Å². The van der Waals surface area contributed by atoms with Crippen LogP contribution in [0.1, 0.15) is 12.1 Å². The van der Waals surface area contributed by atoms with Gasteiger partial charge in [0.2, 0.25) is 5.91 Å². The number of carbonyl (C=O) groups is 1. The summed E-state index contributed by atoms with van der Waals surface area (Å²) in [6, 6.07) is 7.22. The van der Waals surface area contributed by atoms with Crippen LogP contribution in [0, 0.1) is 0 Å². The zero-order valence-electron chi connectivity index (χ0n) is 13.3. The average molecular weight is 354 g/mol. The SMILES string of the molecule is O=C(Cc1cnn(-c2ccccc2)n1)N1CCOCCC1C(F)(F)F. The van der Waals surface area contributed by atoms with E-state index in [2.05, 4.69) is 10.2 Å². The predicted molar refractivity (Wildman–Crippen MR) is 82.1 cm³/mol. The van der Waals surface area contributed by atoms with Gasteiger partial charge in [-0.1, -0.05) is 18.2 Å². The Balaban J connectivity index is 1.73. The summed E-state index contributed by atoms with van der Waals surface area (Å²) in [6.07, 6.45) is -3.59. The number of hydrogen-bond acceptors (Lipinski definition) is 4. The van der Waals surface area contributed by atoms with Gasteiger partial charge in [-0.25, -0.2) is 0 Å². The third-order valence-corrected chi connectivity index (χ3v) is 3.95. The first-order valence-electron chi connectivity index (χ1n) is 7.86. The summed E-state index contributed by atoms with van der Waals surface area (Å²) in [5.41, 5.74) is 1.03. The van der Waals surface area contributed by atoms with Gasteiger partial charge < -0.3 is 9.64 Å². The van der Waals surface area contributed by atoms with Gasteiger partial charge in [0.05, 0.1) is 30.6 Å². The highest BCUT2D eigenvalue weighted by atomic mass is 19.4. The lowest BCUT2D eigenvalue weighted by Gasteiger charge is -2.30. The van der Waals surface area contributed by atoms with E-state index in [-0.39, 0.29) is 32.6 Å². The van der Waals surface area contributed by atoms with Gasteiger partial charge in [-0.15, -0.1) is 0 Å². The molecule has 2 heterocycles. The molecule has 1 aromatic carbocycles. The van der Waals surface area contributed by atoms with Gasteiger partial charge in [-0.05, 0) is 18.6 Å². The summed E-state index contributed by atoms with van der Waals surface area (Å²) < 4.78 is 44.7. The van der Waals surface area contributed by atoms with E-state index in [4.69, 9.17) is 4.74 Å². The molecular weight excluding hydrogens is 337 g/mol. The van der Waals surface area contributed by atoms with Crippen molar-refractivity contribution in [2.75, 3.05) is 19.8 Å². The van der Waals surface area contributed by atoms with Crippen LogP contribution in [0.4, 0.5) is 13.2 Å². The Hall–Kier alpha value is -2.42. The number of para-hydroxylation sites is 1. The molecule has 1 amide bonds. The number of nitrogens with zero attached hydrogens (tertiary/aromatic N) is 4. The van der Waals surface area contributed by atoms with Gasteiger partial charge in [0.25, 0.3) is 0 Å². The molecule has 0 N–H and O–H groups in total. The van der Waals surface area contributed by atoms with Crippen LogP contribution >= 0.6 is 0 Å². The van der Waals surface area contributed by atoms with E-state index >= 15 is 0 Å². The van der Waals surface area contributed by atoms with E-state index in [1.165, 1.54) is 11.0 Å². The minimum absolute atomic E-state index is 0.0157. The quantitative estimate of drug-likeness (QED) is 0.846. The van der Waals surface area contributed by atoms with Crippen molar-refractivity contribution in [3.8, 4) is 5.69 Å². The number of benzene rings is 1. The Kier molecular flexibility index (Phi) is 5.03. The molecule has 0 saturated carbocycles. The summed E-state index contributed by atoms with van der Waals surface area (Å²) in [5, 5.41) is 8.23. The predicted octanol–water partition coefficient (Wildman–Crippen LogP) is 1.99. The molecule has 6 nitrogen and oxygen atoms in total. The highest BCUT2D eigenvalue weighted by molar-refractivity contribution is 5.78. The van der Waals surface area contributed by atoms with Crippen LogP contribution in [0.15, 0.2) is 36.5 Å². The maximum Gasteiger partial charge on any atom is 0.408 e. The molecule has 1 fully saturated rings. The van der Waals surface area contributed by atoms with Crippen LogP contribution in [-0.4, -0.2) is 57.8 Å². The van der Waals surface area contributed by atoms with E-state index in [1.807, 2.05) is 18.2 Å². The normalized spacial score (nSPS) is 18.8. The molecule has 9 heteroatoms. The van der Waals surface area contributed by atoms with Crippen LogP contribution in [0.2, 0.25) is 0 Å². The number of rotatable bonds is 3. The number of ether oxygens (including phenoxy) is 1. The van der Waals surface area contributed by atoms with E-state index in [0.717, 1.165) is 4.90 Å². The molecule has 0 aliphatic carbocycles. The lowest BCUT2D eigenvalue weighted by atomic mass is 10.1. The number of halogens is 3. The van der Waals surface area contributed by atoms with Crippen LogP contribution in [0.5, 0.6) is 0 Å². The lowest BCUT2D eigenvalue weighted by Crippen LogP contribution is -2.49. The zero-order chi connectivity index (χ0) is 17.9. The fourth-order valence-corrected chi connectivity index (χ4v) is 2.73. The topological polar surface area (TPSA) is 60.2 Å². The van der Waals surface area contributed by atoms with Crippen LogP contribution in [0.3, 0.4) is 0 Å². The summed E-state index contributed by atoms with van der Waals surface area (Å²) in [4.78, 5) is 14.6. The molecule has 1 aliphatic rings. The monoisotopic (exact) mass is 354 g/mol. The second-order valence-corrected chi connectivity index (χ2v) is 5.68. The molecule has 134 valence electrons. The van der Waals surface area contributed by atoms with Crippen molar-refractivity contribution < 1.29 is 22.7 Å². The molecule has 1 aliphatic heterocycles. The summed E-state index contributed by atoms with van der Waals surface area (Å²) in [7, 11) is 0. The Morgan fingerprint density at radius 2 is 2.00 bits per heavy atom. The van der Waals surface area contributed by atoms with Crippen molar-refractivity contribution in [1.29, 1.82) is 0 Å². The number of hydrogen-bond donors (Lipinski definition) is 0. The maximum atomic E-state index is 13.2. The number of aromatic nitrogens is 3. The lowest BCUT2D eigenvalue weighted by molar-refractivity contribution is -0.189. The second kappa shape index (κ2) is 7.22. The minimum Gasteiger partial charge on any atom is -0.380 e. The van der Waals surface area contributed by atoms with Crippen LogP contribution in [0.25, 0.3) is 5.69 Å². The first-order chi connectivity index (χ1) is 11.9. The largest absolute Gasteiger partial charge is 0.408 e. The van der Waals surface area contributed by atoms with E-state index in [0.29, 0.717) is 11.4 Å². The average Bonchev–Trinajstić information content (AvgIpc) is 2.89. The molecule has 1 atom stereocenters. The molecule has 1 saturated heterocycles. The summed E-state index contributed by atoms with van der Waals surface area (Å²) in [5.74, 6) is -0.632. The van der Waals surface area contributed by atoms with Gasteiger partial charge in [-0.2, -0.15) is 28.2 Å². The highest BCUT2D eigenvalue weighted by Gasteiger charge is 2.45. The van der Waals surface area contributed by atoms with E-state index < -0.39 is 18.1 Å². The van der Waals surface area contributed by atoms with Gasteiger partial charge in [0.1, 0.15) is 6.04 Å².